The summed E-state index contributed by atoms with van der Waals surface area (Å²) >= 11 is 0. The number of carbonyl (C=O) groups excluding carboxylic acids is 1. The summed E-state index contributed by atoms with van der Waals surface area (Å²) in [6.07, 6.45) is 1.70. The number of hydrogen-bond acceptors (Lipinski definition) is 4. The number of aromatic hydroxyl groups is 1. The maximum atomic E-state index is 13.1. The van der Waals surface area contributed by atoms with Crippen molar-refractivity contribution in [3.8, 4) is 5.75 Å². The van der Waals surface area contributed by atoms with Gasteiger partial charge in [0.05, 0.1) is 25.1 Å². The molecule has 3 rings (SSSR count). The second-order valence-electron chi connectivity index (χ2n) is 9.70. The highest BCUT2D eigenvalue weighted by atomic mass is 16.3. The molecule has 0 aliphatic carbocycles. The van der Waals surface area contributed by atoms with Crippen LogP contribution in [0.25, 0.3) is 0 Å². The van der Waals surface area contributed by atoms with Crippen molar-refractivity contribution < 1.29 is 9.90 Å². The molecule has 1 aromatic carbocycles. The number of amidine groups is 1. The number of Topliss-reactive ketones (excluding diaryl/α,β-unsaturated/α-hetero) is 1. The molecule has 6 nitrogen and oxygen atoms in total. The molecule has 6 heteroatoms. The van der Waals surface area contributed by atoms with E-state index in [2.05, 4.69) is 4.98 Å². The summed E-state index contributed by atoms with van der Waals surface area (Å²) in [6, 6.07) is 3.61. The van der Waals surface area contributed by atoms with Gasteiger partial charge >= 0.3 is 0 Å². The van der Waals surface area contributed by atoms with Gasteiger partial charge in [0.2, 0.25) is 0 Å². The number of nitrogens with one attached hydrogen (secondary N) is 1. The molecule has 0 amide bonds. The first-order valence-corrected chi connectivity index (χ1v) is 9.56. The van der Waals surface area contributed by atoms with Crippen LogP contribution in [0.2, 0.25) is 0 Å². The highest BCUT2D eigenvalue weighted by Crippen LogP contribution is 2.40. The molecule has 28 heavy (non-hydrogen) atoms. The van der Waals surface area contributed by atoms with Crippen LogP contribution in [0.5, 0.6) is 5.75 Å². The van der Waals surface area contributed by atoms with Crippen LogP contribution < -0.4 is 0 Å². The standard InChI is InChI=1S/C22H30N4O2/c1-21(2,3)14-8-13(9-15(19(14)28)22(4,5)6)17(27)11-26-10-16-18(20(26)23)24-12-25(16)7/h8-9,12,23,28H,10-11H2,1-7H3. The number of carbonyl (C=O) groups is 1. The fourth-order valence-electron chi connectivity index (χ4n) is 3.59. The van der Waals surface area contributed by atoms with Gasteiger partial charge in [0, 0.05) is 23.7 Å². The Bertz CT molecular complexity index is 923. The summed E-state index contributed by atoms with van der Waals surface area (Å²) in [5, 5.41) is 19.2. The first-order chi connectivity index (χ1) is 12.8. The van der Waals surface area contributed by atoms with Crippen LogP contribution in [0.1, 0.15) is 74.4 Å². The molecule has 0 radical (unpaired) electrons. The Morgan fingerprint density at radius 2 is 1.68 bits per heavy atom. The van der Waals surface area contributed by atoms with Crippen LogP contribution >= 0.6 is 0 Å². The van der Waals surface area contributed by atoms with E-state index in [-0.39, 0.29) is 34.7 Å². The van der Waals surface area contributed by atoms with Gasteiger partial charge < -0.3 is 14.6 Å². The van der Waals surface area contributed by atoms with E-state index >= 15 is 0 Å². The number of phenolic OH excluding ortho intramolecular Hbond substituents is 1. The molecule has 1 aliphatic rings. The minimum atomic E-state index is -0.291. The molecule has 0 fully saturated rings. The molecule has 2 N–H and O–H groups in total. The van der Waals surface area contributed by atoms with Crippen LogP contribution in [-0.2, 0) is 24.4 Å². The molecule has 2 aromatic rings. The van der Waals surface area contributed by atoms with E-state index in [0.717, 1.165) is 16.8 Å². The Balaban J connectivity index is 1.95. The number of ketones is 1. The number of phenols is 1. The van der Waals surface area contributed by atoms with Crippen molar-refractivity contribution >= 4 is 11.6 Å². The monoisotopic (exact) mass is 382 g/mol. The first kappa shape index (κ1) is 20.1. The zero-order valence-corrected chi connectivity index (χ0v) is 17.8. The fraction of sp³-hybridized carbons (Fsp3) is 0.500. The van der Waals surface area contributed by atoms with Crippen molar-refractivity contribution in [2.45, 2.75) is 58.9 Å². The Labute approximate surface area is 166 Å². The lowest BCUT2D eigenvalue weighted by Gasteiger charge is -2.28. The van der Waals surface area contributed by atoms with E-state index < -0.39 is 0 Å². The normalized spacial score (nSPS) is 14.5. The largest absolute Gasteiger partial charge is 0.507 e. The summed E-state index contributed by atoms with van der Waals surface area (Å²) in [5.74, 6) is 0.491. The SMILES string of the molecule is Cn1cnc2c1CN(CC(=O)c1cc(C(C)(C)C)c(O)c(C(C)(C)C)c1)C2=N. The topological polar surface area (TPSA) is 82.2 Å². The third-order valence-corrected chi connectivity index (χ3v) is 5.32. The van der Waals surface area contributed by atoms with Crippen molar-refractivity contribution in [3.05, 3.63) is 46.5 Å². The second kappa shape index (κ2) is 6.47. The quantitative estimate of drug-likeness (QED) is 0.792. The van der Waals surface area contributed by atoms with E-state index in [4.69, 9.17) is 5.41 Å². The number of aromatic nitrogens is 2. The lowest BCUT2D eigenvalue weighted by Crippen LogP contribution is -2.31. The number of imidazole rings is 1. The predicted molar refractivity (Wildman–Crippen MR) is 110 cm³/mol. The predicted octanol–water partition coefficient (Wildman–Crippen LogP) is 3.74. The zero-order valence-electron chi connectivity index (χ0n) is 17.8. The minimum absolute atomic E-state index is 0.0615. The van der Waals surface area contributed by atoms with Gasteiger partial charge in [0.1, 0.15) is 17.3 Å². The second-order valence-corrected chi connectivity index (χ2v) is 9.70. The molecular formula is C22H30N4O2. The highest BCUT2D eigenvalue weighted by Gasteiger charge is 2.31. The summed E-state index contributed by atoms with van der Waals surface area (Å²) in [4.78, 5) is 19.1. The van der Waals surface area contributed by atoms with E-state index in [0.29, 0.717) is 17.8 Å². The molecule has 150 valence electrons. The Morgan fingerprint density at radius 3 is 2.14 bits per heavy atom. The number of fused-ring (bicyclic) bond motifs is 1. The van der Waals surface area contributed by atoms with Crippen molar-refractivity contribution in [2.75, 3.05) is 6.54 Å². The molecule has 0 atom stereocenters. The van der Waals surface area contributed by atoms with Crippen molar-refractivity contribution in [1.29, 1.82) is 5.41 Å². The Hall–Kier alpha value is -2.63. The summed E-state index contributed by atoms with van der Waals surface area (Å²) in [5.41, 5.74) is 3.13. The first-order valence-electron chi connectivity index (χ1n) is 9.56. The highest BCUT2D eigenvalue weighted by molar-refractivity contribution is 6.04. The average molecular weight is 383 g/mol. The van der Waals surface area contributed by atoms with Gasteiger partial charge in [-0.3, -0.25) is 10.2 Å². The third-order valence-electron chi connectivity index (χ3n) is 5.32. The van der Waals surface area contributed by atoms with Gasteiger partial charge in [0.15, 0.2) is 5.78 Å². The van der Waals surface area contributed by atoms with Crippen molar-refractivity contribution in [3.63, 3.8) is 0 Å². The molecule has 2 heterocycles. The van der Waals surface area contributed by atoms with Gasteiger partial charge in [0.25, 0.3) is 0 Å². The van der Waals surface area contributed by atoms with Gasteiger partial charge in [-0.1, -0.05) is 41.5 Å². The average Bonchev–Trinajstić information content (AvgIpc) is 3.06. The van der Waals surface area contributed by atoms with Crippen LogP contribution in [-0.4, -0.2) is 37.7 Å². The van der Waals surface area contributed by atoms with E-state index in [1.165, 1.54) is 0 Å². The number of benzene rings is 1. The number of aryl methyl sites for hydroxylation is 1. The van der Waals surface area contributed by atoms with Crippen molar-refractivity contribution in [2.24, 2.45) is 7.05 Å². The van der Waals surface area contributed by atoms with Gasteiger partial charge in [-0.15, -0.1) is 0 Å². The molecule has 1 aromatic heterocycles. The Kier molecular flexibility index (Phi) is 4.64. The van der Waals surface area contributed by atoms with Gasteiger partial charge in [-0.2, -0.15) is 0 Å². The summed E-state index contributed by atoms with van der Waals surface area (Å²) in [7, 11) is 1.90. The van der Waals surface area contributed by atoms with Crippen molar-refractivity contribution in [1.82, 2.24) is 14.5 Å². The smallest absolute Gasteiger partial charge is 0.182 e. The third kappa shape index (κ3) is 3.43. The maximum absolute atomic E-state index is 13.1. The van der Waals surface area contributed by atoms with Gasteiger partial charge in [-0.05, 0) is 23.0 Å². The summed E-state index contributed by atoms with van der Waals surface area (Å²) in [6.45, 7) is 12.8. The van der Waals surface area contributed by atoms with E-state index in [1.807, 2.05) is 53.2 Å². The Morgan fingerprint density at radius 1 is 1.14 bits per heavy atom. The molecule has 1 aliphatic heterocycles. The molecule has 0 unspecified atom stereocenters. The van der Waals surface area contributed by atoms with Crippen LogP contribution in [0.4, 0.5) is 0 Å². The zero-order chi connectivity index (χ0) is 21.0. The van der Waals surface area contributed by atoms with Crippen LogP contribution in [0, 0.1) is 5.41 Å². The lowest BCUT2D eigenvalue weighted by atomic mass is 9.78. The fourth-order valence-corrected chi connectivity index (χ4v) is 3.59. The summed E-state index contributed by atoms with van der Waals surface area (Å²) < 4.78 is 1.89. The number of rotatable bonds is 3. The van der Waals surface area contributed by atoms with Crippen LogP contribution in [0.3, 0.4) is 0 Å². The molecule has 0 saturated carbocycles. The maximum Gasteiger partial charge on any atom is 0.182 e. The number of hydrogen-bond donors (Lipinski definition) is 2. The lowest BCUT2D eigenvalue weighted by molar-refractivity contribution is 0.0961. The minimum Gasteiger partial charge on any atom is -0.507 e. The van der Waals surface area contributed by atoms with Crippen LogP contribution in [0.15, 0.2) is 18.5 Å². The number of nitrogens with zero attached hydrogens (tertiary/aromatic N) is 3. The molecular weight excluding hydrogens is 352 g/mol. The van der Waals surface area contributed by atoms with E-state index in [9.17, 15) is 9.90 Å². The molecule has 0 bridgehead atoms. The molecule has 0 saturated heterocycles. The van der Waals surface area contributed by atoms with Gasteiger partial charge in [-0.25, -0.2) is 4.98 Å². The van der Waals surface area contributed by atoms with E-state index in [1.54, 1.807) is 23.4 Å². The molecule has 0 spiro atoms.